The monoisotopic (exact) mass is 581 g/mol. The Morgan fingerprint density at radius 2 is 1.54 bits per heavy atom. The Morgan fingerprint density at radius 3 is 2.11 bits per heavy atom. The van der Waals surface area contributed by atoms with E-state index in [9.17, 15) is 18.0 Å². The highest BCUT2D eigenvalue weighted by Crippen LogP contribution is 2.25. The van der Waals surface area contributed by atoms with E-state index >= 15 is 0 Å². The van der Waals surface area contributed by atoms with Gasteiger partial charge < -0.3 is 10.2 Å². The summed E-state index contributed by atoms with van der Waals surface area (Å²) in [5, 5.41) is 3.78. The van der Waals surface area contributed by atoms with Crippen molar-refractivity contribution in [1.29, 1.82) is 0 Å². The van der Waals surface area contributed by atoms with Crippen molar-refractivity contribution in [3.05, 3.63) is 99.0 Å². The molecule has 0 aromatic heterocycles. The largest absolute Gasteiger partial charge is 0.357 e. The molecule has 37 heavy (non-hydrogen) atoms. The fraction of sp³-hybridized carbons (Fsp3) is 0.231. The van der Waals surface area contributed by atoms with E-state index in [4.69, 9.17) is 34.8 Å². The molecule has 3 aromatic rings. The fourth-order valence-corrected chi connectivity index (χ4v) is 5.22. The maximum absolute atomic E-state index is 13.8. The second kappa shape index (κ2) is 12.6. The number of amides is 2. The van der Waals surface area contributed by atoms with Crippen LogP contribution in [0, 0.1) is 0 Å². The maximum atomic E-state index is 13.8. The van der Waals surface area contributed by atoms with Crippen molar-refractivity contribution in [3.8, 4) is 0 Å². The zero-order valence-corrected chi connectivity index (χ0v) is 23.3. The van der Waals surface area contributed by atoms with E-state index in [1.54, 1.807) is 18.2 Å². The van der Waals surface area contributed by atoms with Gasteiger partial charge in [-0.1, -0.05) is 71.2 Å². The molecule has 11 heteroatoms. The van der Waals surface area contributed by atoms with Crippen LogP contribution >= 0.6 is 34.8 Å². The highest BCUT2D eigenvalue weighted by Gasteiger charge is 2.33. The number of nitrogens with zero attached hydrogens (tertiary/aromatic N) is 2. The molecular weight excluding hydrogens is 557 g/mol. The highest BCUT2D eigenvalue weighted by atomic mass is 35.5. The van der Waals surface area contributed by atoms with Gasteiger partial charge in [0.25, 0.3) is 0 Å². The lowest BCUT2D eigenvalue weighted by atomic mass is 10.0. The van der Waals surface area contributed by atoms with Gasteiger partial charge in [-0.2, -0.15) is 0 Å². The average molecular weight is 583 g/mol. The number of anilines is 1. The predicted octanol–water partition coefficient (Wildman–Crippen LogP) is 4.80. The van der Waals surface area contributed by atoms with E-state index in [0.717, 1.165) is 16.1 Å². The van der Waals surface area contributed by atoms with Gasteiger partial charge in [0.05, 0.1) is 11.9 Å². The number of carbonyl (C=O) groups excluding carboxylic acids is 2. The van der Waals surface area contributed by atoms with Crippen LogP contribution in [0.2, 0.25) is 15.1 Å². The van der Waals surface area contributed by atoms with Crippen molar-refractivity contribution in [2.24, 2.45) is 0 Å². The first-order chi connectivity index (χ1) is 17.5. The van der Waals surface area contributed by atoms with Gasteiger partial charge in [-0.3, -0.25) is 13.9 Å². The van der Waals surface area contributed by atoms with Crippen LogP contribution in [-0.2, 0) is 32.6 Å². The minimum Gasteiger partial charge on any atom is -0.357 e. The van der Waals surface area contributed by atoms with E-state index in [-0.39, 0.29) is 18.7 Å². The predicted molar refractivity (Wildman–Crippen MR) is 149 cm³/mol. The molecule has 2 amide bonds. The molecule has 0 aliphatic carbocycles. The first-order valence-corrected chi connectivity index (χ1v) is 14.2. The van der Waals surface area contributed by atoms with Crippen LogP contribution in [0.25, 0.3) is 0 Å². The van der Waals surface area contributed by atoms with Gasteiger partial charge in [-0.05, 0) is 47.5 Å². The standard InChI is InChI=1S/C26H26Cl3N3O4S/c1-30-26(34)24(14-18-6-4-3-5-7-18)31(16-19-8-9-21(28)15-23(19)29)25(33)17-32(37(2,35)36)22-12-10-20(27)11-13-22/h3-13,15,24H,14,16-17H2,1-2H3,(H,30,34)/t24-/m0/s1. The number of hydrogen-bond acceptors (Lipinski definition) is 4. The summed E-state index contributed by atoms with van der Waals surface area (Å²) >= 11 is 18.4. The molecule has 0 saturated carbocycles. The summed E-state index contributed by atoms with van der Waals surface area (Å²) in [5.74, 6) is -0.990. The topological polar surface area (TPSA) is 86.8 Å². The Balaban J connectivity index is 2.04. The van der Waals surface area contributed by atoms with Crippen molar-refractivity contribution in [3.63, 3.8) is 0 Å². The number of likely N-dealkylation sites (N-methyl/N-ethyl adjacent to an activating group) is 1. The van der Waals surface area contributed by atoms with Gasteiger partial charge in [0.2, 0.25) is 21.8 Å². The molecule has 3 aromatic carbocycles. The van der Waals surface area contributed by atoms with Crippen molar-refractivity contribution >= 4 is 62.3 Å². The number of rotatable bonds is 10. The minimum atomic E-state index is -3.86. The van der Waals surface area contributed by atoms with E-state index < -0.39 is 34.4 Å². The number of nitrogens with one attached hydrogen (secondary N) is 1. The van der Waals surface area contributed by atoms with E-state index in [1.165, 1.54) is 36.2 Å². The maximum Gasteiger partial charge on any atom is 0.244 e. The molecule has 1 N–H and O–H groups in total. The number of sulfonamides is 1. The molecule has 196 valence electrons. The Morgan fingerprint density at radius 1 is 0.919 bits per heavy atom. The number of carbonyl (C=O) groups is 2. The SMILES string of the molecule is CNC(=O)[C@H](Cc1ccccc1)N(Cc1ccc(Cl)cc1Cl)C(=O)CN(c1ccc(Cl)cc1)S(C)(=O)=O. The quantitative estimate of drug-likeness (QED) is 0.372. The third kappa shape index (κ3) is 7.85. The summed E-state index contributed by atoms with van der Waals surface area (Å²) in [4.78, 5) is 28.2. The Hall–Kier alpha value is -2.78. The summed E-state index contributed by atoms with van der Waals surface area (Å²) in [6, 6.07) is 19.2. The minimum absolute atomic E-state index is 0.0437. The summed E-state index contributed by atoms with van der Waals surface area (Å²) in [5.41, 5.74) is 1.65. The molecule has 1 atom stereocenters. The molecule has 0 unspecified atom stereocenters. The average Bonchev–Trinajstić information content (AvgIpc) is 2.86. The van der Waals surface area contributed by atoms with Gasteiger partial charge in [-0.15, -0.1) is 0 Å². The van der Waals surface area contributed by atoms with Gasteiger partial charge in [-0.25, -0.2) is 8.42 Å². The molecule has 7 nitrogen and oxygen atoms in total. The lowest BCUT2D eigenvalue weighted by Crippen LogP contribution is -2.52. The van der Waals surface area contributed by atoms with Crippen LogP contribution in [-0.4, -0.2) is 51.0 Å². The molecule has 0 fully saturated rings. The molecule has 0 heterocycles. The number of hydrogen-bond donors (Lipinski definition) is 1. The summed E-state index contributed by atoms with van der Waals surface area (Å²) in [6.07, 6.45) is 1.22. The second-order valence-corrected chi connectivity index (χ2v) is 11.5. The summed E-state index contributed by atoms with van der Waals surface area (Å²) in [6.45, 7) is -0.577. The van der Waals surface area contributed by atoms with Crippen LogP contribution in [0.5, 0.6) is 0 Å². The summed E-state index contributed by atoms with van der Waals surface area (Å²) in [7, 11) is -2.38. The Labute approximate surface area is 232 Å². The molecule has 0 aliphatic rings. The first-order valence-electron chi connectivity index (χ1n) is 11.2. The zero-order valence-electron chi connectivity index (χ0n) is 20.2. The van der Waals surface area contributed by atoms with Crippen molar-refractivity contribution in [2.75, 3.05) is 24.2 Å². The van der Waals surface area contributed by atoms with E-state index in [0.29, 0.717) is 20.6 Å². The normalized spacial score (nSPS) is 12.0. The zero-order chi connectivity index (χ0) is 27.2. The number of halogens is 3. The molecule has 0 radical (unpaired) electrons. The lowest BCUT2D eigenvalue weighted by Gasteiger charge is -2.33. The Kier molecular flexibility index (Phi) is 9.84. The number of benzene rings is 3. The molecular formula is C26H26Cl3N3O4S. The Bertz CT molecular complexity index is 1350. The van der Waals surface area contributed by atoms with Crippen LogP contribution in [0.15, 0.2) is 72.8 Å². The lowest BCUT2D eigenvalue weighted by molar-refractivity contribution is -0.139. The molecule has 0 aliphatic heterocycles. The molecule has 3 rings (SSSR count). The van der Waals surface area contributed by atoms with Crippen molar-refractivity contribution < 1.29 is 18.0 Å². The summed E-state index contributed by atoms with van der Waals surface area (Å²) < 4.78 is 26.3. The second-order valence-electron chi connectivity index (χ2n) is 8.32. The van der Waals surface area contributed by atoms with Gasteiger partial charge >= 0.3 is 0 Å². The molecule has 0 bridgehead atoms. The van der Waals surface area contributed by atoms with Crippen molar-refractivity contribution in [2.45, 2.75) is 19.0 Å². The van der Waals surface area contributed by atoms with Gasteiger partial charge in [0.15, 0.2) is 0 Å². The van der Waals surface area contributed by atoms with Crippen LogP contribution < -0.4 is 9.62 Å². The van der Waals surface area contributed by atoms with Gasteiger partial charge in [0, 0.05) is 35.1 Å². The van der Waals surface area contributed by atoms with Crippen LogP contribution in [0.4, 0.5) is 5.69 Å². The third-order valence-electron chi connectivity index (χ3n) is 5.67. The third-order valence-corrected chi connectivity index (χ3v) is 7.65. The van der Waals surface area contributed by atoms with Crippen LogP contribution in [0.1, 0.15) is 11.1 Å². The highest BCUT2D eigenvalue weighted by molar-refractivity contribution is 7.92. The fourth-order valence-electron chi connectivity index (χ4n) is 3.78. The molecule has 0 saturated heterocycles. The van der Waals surface area contributed by atoms with Crippen molar-refractivity contribution in [1.82, 2.24) is 10.2 Å². The van der Waals surface area contributed by atoms with E-state index in [1.807, 2.05) is 30.3 Å². The van der Waals surface area contributed by atoms with Crippen LogP contribution in [0.3, 0.4) is 0 Å². The first kappa shape index (κ1) is 28.8. The van der Waals surface area contributed by atoms with E-state index in [2.05, 4.69) is 5.32 Å². The van der Waals surface area contributed by atoms with Gasteiger partial charge in [0.1, 0.15) is 12.6 Å². The smallest absolute Gasteiger partial charge is 0.244 e. The molecule has 0 spiro atoms.